The molecule has 0 unspecified atom stereocenters. The average Bonchev–Trinajstić information content (AvgIpc) is 2.65. The number of halogens is 1. The fourth-order valence-electron chi connectivity index (χ4n) is 2.28. The molecule has 0 atom stereocenters. The lowest BCUT2D eigenvalue weighted by Gasteiger charge is -2.24. The van der Waals surface area contributed by atoms with E-state index in [2.05, 4.69) is 6.58 Å². The highest BCUT2D eigenvalue weighted by atomic mass is 35.5. The second-order valence-corrected chi connectivity index (χ2v) is 7.56. The highest BCUT2D eigenvalue weighted by Crippen LogP contribution is 2.30. The third-order valence-corrected chi connectivity index (χ3v) is 5.74. The monoisotopic (exact) mass is 394 g/mol. The molecule has 2 rings (SSSR count). The summed E-state index contributed by atoms with van der Waals surface area (Å²) in [7, 11) is -1.17. The molecule has 0 spiro atoms. The number of hydrogen-bond acceptors (Lipinski definition) is 4. The smallest absolute Gasteiger partial charge is 0.274 e. The summed E-state index contributed by atoms with van der Waals surface area (Å²) in [5.74, 6) is -0.461. The van der Waals surface area contributed by atoms with E-state index in [-0.39, 0.29) is 17.0 Å². The van der Waals surface area contributed by atoms with Crippen LogP contribution in [0.4, 0.5) is 5.69 Å². The van der Waals surface area contributed by atoms with Crippen molar-refractivity contribution in [2.24, 2.45) is 0 Å². The van der Waals surface area contributed by atoms with Crippen LogP contribution in [0.5, 0.6) is 0 Å². The van der Waals surface area contributed by atoms with E-state index in [9.17, 15) is 13.2 Å². The van der Waals surface area contributed by atoms with E-state index in [1.807, 2.05) is 0 Å². The minimum Gasteiger partial charge on any atom is -0.274 e. The number of sulfonamides is 1. The summed E-state index contributed by atoms with van der Waals surface area (Å²) in [5, 5.41) is 1.31. The quantitative estimate of drug-likeness (QED) is 0.533. The third kappa shape index (κ3) is 4.07. The van der Waals surface area contributed by atoms with Gasteiger partial charge in [0.15, 0.2) is 0 Å². The Kier molecular flexibility index (Phi) is 6.42. The topological polar surface area (TPSA) is 66.9 Å². The van der Waals surface area contributed by atoms with Gasteiger partial charge in [-0.05, 0) is 30.3 Å². The Hall–Kier alpha value is -2.35. The lowest BCUT2D eigenvalue weighted by molar-refractivity contribution is -0.0757. The van der Waals surface area contributed by atoms with Gasteiger partial charge < -0.3 is 0 Å². The Morgan fingerprint density at radius 3 is 2.54 bits per heavy atom. The van der Waals surface area contributed by atoms with E-state index < -0.39 is 15.9 Å². The van der Waals surface area contributed by atoms with Crippen LogP contribution >= 0.6 is 11.6 Å². The number of anilines is 1. The molecule has 0 heterocycles. The molecule has 0 radical (unpaired) electrons. The molecule has 26 heavy (non-hydrogen) atoms. The summed E-state index contributed by atoms with van der Waals surface area (Å²) >= 11 is 6.17. The molecule has 138 valence electrons. The Morgan fingerprint density at radius 2 is 1.92 bits per heavy atom. The van der Waals surface area contributed by atoms with E-state index in [0.717, 1.165) is 9.37 Å². The van der Waals surface area contributed by atoms with Crippen LogP contribution < -0.4 is 4.31 Å². The summed E-state index contributed by atoms with van der Waals surface area (Å²) in [6.07, 6.45) is 1.47. The Labute approximate surface area is 158 Å². The number of benzene rings is 2. The van der Waals surface area contributed by atoms with Gasteiger partial charge in [-0.25, -0.2) is 13.5 Å². The highest BCUT2D eigenvalue weighted by Gasteiger charge is 2.26. The van der Waals surface area contributed by atoms with Gasteiger partial charge in [-0.2, -0.15) is 0 Å². The van der Waals surface area contributed by atoms with Gasteiger partial charge in [-0.3, -0.25) is 13.9 Å². The largest absolute Gasteiger partial charge is 0.277 e. The molecule has 0 fully saturated rings. The molecule has 0 aliphatic carbocycles. The zero-order chi connectivity index (χ0) is 19.3. The summed E-state index contributed by atoms with van der Waals surface area (Å²) in [6, 6.07) is 12.4. The summed E-state index contributed by atoms with van der Waals surface area (Å²) in [6.45, 7) is 3.65. The summed E-state index contributed by atoms with van der Waals surface area (Å²) in [4.78, 5) is 17.1. The van der Waals surface area contributed by atoms with Gasteiger partial charge >= 0.3 is 0 Å². The number of amides is 1. The van der Waals surface area contributed by atoms with Crippen molar-refractivity contribution in [2.45, 2.75) is 4.90 Å². The molecule has 0 saturated carbocycles. The van der Waals surface area contributed by atoms with Crippen molar-refractivity contribution in [1.29, 1.82) is 0 Å². The fourth-order valence-corrected chi connectivity index (χ4v) is 4.07. The zero-order valence-corrected chi connectivity index (χ0v) is 16.0. The van der Waals surface area contributed by atoms with Crippen molar-refractivity contribution in [3.8, 4) is 0 Å². The number of carbonyl (C=O) groups excluding carboxylic acids is 1. The summed E-state index contributed by atoms with van der Waals surface area (Å²) in [5.41, 5.74) is 0.521. The second-order valence-electron chi connectivity index (χ2n) is 5.29. The van der Waals surface area contributed by atoms with Crippen LogP contribution in [0, 0.1) is 0 Å². The standard InChI is InChI=1S/C18H19ClN2O4S/c1-4-12-21(17-11-6-5-10-16(17)19)26(23,24)15-9-7-8-14(13-15)18(22)20(2)25-3/h4-11,13H,1,12H2,2-3H3. The number of hydrogen-bond donors (Lipinski definition) is 0. The maximum atomic E-state index is 13.2. The van der Waals surface area contributed by atoms with Gasteiger partial charge in [0.2, 0.25) is 0 Å². The van der Waals surface area contributed by atoms with Crippen LogP contribution in [-0.2, 0) is 14.9 Å². The van der Waals surface area contributed by atoms with E-state index in [1.54, 1.807) is 24.3 Å². The maximum Gasteiger partial charge on any atom is 0.277 e. The molecule has 2 aromatic rings. The molecule has 0 aliphatic heterocycles. The van der Waals surface area contributed by atoms with Crippen molar-refractivity contribution in [2.75, 3.05) is 25.0 Å². The van der Waals surface area contributed by atoms with Gasteiger partial charge in [0, 0.05) is 12.6 Å². The number of rotatable bonds is 7. The molecule has 0 saturated heterocycles. The Bertz CT molecular complexity index is 915. The van der Waals surface area contributed by atoms with Gasteiger partial charge in [0.1, 0.15) is 0 Å². The molecule has 8 heteroatoms. The van der Waals surface area contributed by atoms with Crippen LogP contribution in [-0.4, -0.2) is 40.1 Å². The molecule has 2 aromatic carbocycles. The first-order valence-corrected chi connectivity index (χ1v) is 9.45. The first kappa shape index (κ1) is 20.0. The predicted octanol–water partition coefficient (Wildman–Crippen LogP) is 3.35. The predicted molar refractivity (Wildman–Crippen MR) is 102 cm³/mol. The Balaban J connectivity index is 2.52. The van der Waals surface area contributed by atoms with E-state index in [0.29, 0.717) is 10.7 Å². The minimum absolute atomic E-state index is 0.0300. The lowest BCUT2D eigenvalue weighted by atomic mass is 10.2. The molecular formula is C18H19ClN2O4S. The van der Waals surface area contributed by atoms with Gasteiger partial charge in [0.25, 0.3) is 15.9 Å². The van der Waals surface area contributed by atoms with Crippen molar-refractivity contribution in [3.63, 3.8) is 0 Å². The Morgan fingerprint density at radius 1 is 1.23 bits per heavy atom. The SMILES string of the molecule is C=CCN(c1ccccc1Cl)S(=O)(=O)c1cccc(C(=O)N(C)OC)c1. The maximum absolute atomic E-state index is 13.2. The van der Waals surface area contributed by atoms with Crippen LogP contribution in [0.15, 0.2) is 66.1 Å². The van der Waals surface area contributed by atoms with Gasteiger partial charge in [-0.1, -0.05) is 35.9 Å². The molecule has 0 N–H and O–H groups in total. The van der Waals surface area contributed by atoms with E-state index in [1.165, 1.54) is 44.5 Å². The van der Waals surface area contributed by atoms with Crippen molar-refractivity contribution in [3.05, 3.63) is 71.8 Å². The molecule has 0 aromatic heterocycles. The lowest BCUT2D eigenvalue weighted by Crippen LogP contribution is -2.32. The van der Waals surface area contributed by atoms with Gasteiger partial charge in [0.05, 0.1) is 29.3 Å². The highest BCUT2D eigenvalue weighted by molar-refractivity contribution is 7.92. The van der Waals surface area contributed by atoms with Crippen LogP contribution in [0.1, 0.15) is 10.4 Å². The van der Waals surface area contributed by atoms with Crippen LogP contribution in [0.2, 0.25) is 5.02 Å². The van der Waals surface area contributed by atoms with E-state index in [4.69, 9.17) is 16.4 Å². The second kappa shape index (κ2) is 8.35. The molecule has 1 amide bonds. The number of hydroxylamine groups is 2. The first-order valence-electron chi connectivity index (χ1n) is 7.63. The normalized spacial score (nSPS) is 11.0. The number of carbonyl (C=O) groups is 1. The van der Waals surface area contributed by atoms with Crippen molar-refractivity contribution in [1.82, 2.24) is 5.06 Å². The fraction of sp³-hybridized carbons (Fsp3) is 0.167. The van der Waals surface area contributed by atoms with Crippen molar-refractivity contribution >= 4 is 33.2 Å². The van der Waals surface area contributed by atoms with Gasteiger partial charge in [-0.15, -0.1) is 6.58 Å². The first-order chi connectivity index (χ1) is 12.3. The number of nitrogens with zero attached hydrogens (tertiary/aromatic N) is 2. The summed E-state index contributed by atoms with van der Waals surface area (Å²) < 4.78 is 27.4. The number of para-hydroxylation sites is 1. The molecule has 0 bridgehead atoms. The third-order valence-electron chi connectivity index (χ3n) is 3.64. The average molecular weight is 395 g/mol. The molecule has 0 aliphatic rings. The zero-order valence-electron chi connectivity index (χ0n) is 14.4. The van der Waals surface area contributed by atoms with Crippen molar-refractivity contribution < 1.29 is 18.0 Å². The molecular weight excluding hydrogens is 376 g/mol. The minimum atomic E-state index is -3.96. The van der Waals surface area contributed by atoms with Crippen LogP contribution in [0.25, 0.3) is 0 Å². The van der Waals surface area contributed by atoms with Crippen LogP contribution in [0.3, 0.4) is 0 Å². The molecule has 6 nitrogen and oxygen atoms in total. The van der Waals surface area contributed by atoms with E-state index >= 15 is 0 Å².